The van der Waals surface area contributed by atoms with Crippen LogP contribution in [0.3, 0.4) is 0 Å². The Morgan fingerprint density at radius 2 is 2.00 bits per heavy atom. The third-order valence-electron chi connectivity index (χ3n) is 2.01. The summed E-state index contributed by atoms with van der Waals surface area (Å²) in [6.07, 6.45) is 1.27. The van der Waals surface area contributed by atoms with E-state index in [-0.39, 0.29) is 5.83 Å². The van der Waals surface area contributed by atoms with Crippen molar-refractivity contribution in [3.63, 3.8) is 0 Å². The van der Waals surface area contributed by atoms with Gasteiger partial charge in [0.05, 0.1) is 9.88 Å². The van der Waals surface area contributed by atoms with E-state index in [1.54, 1.807) is 0 Å². The van der Waals surface area contributed by atoms with Gasteiger partial charge in [0, 0.05) is 6.42 Å². The fraction of sp³-hybridized carbons (Fsp3) is 0.500. The first-order chi connectivity index (χ1) is 6.68. The van der Waals surface area contributed by atoms with Gasteiger partial charge in [-0.05, 0) is 18.9 Å². The Morgan fingerprint density at radius 3 is 2.57 bits per heavy atom. The minimum atomic E-state index is -0.0650. The average molecular weight is 214 g/mol. The van der Waals surface area contributed by atoms with Gasteiger partial charge in [0.15, 0.2) is 5.13 Å². The Morgan fingerprint density at radius 1 is 1.36 bits per heavy atom. The molecule has 0 fully saturated rings. The minimum absolute atomic E-state index is 0.0650. The lowest BCUT2D eigenvalue weighted by atomic mass is 10.1. The Labute approximate surface area is 87.0 Å². The molecule has 2 nitrogen and oxygen atoms in total. The van der Waals surface area contributed by atoms with Crippen molar-refractivity contribution in [2.45, 2.75) is 33.6 Å². The minimum Gasteiger partial charge on any atom is -0.375 e. The summed E-state index contributed by atoms with van der Waals surface area (Å²) in [7, 11) is 0. The van der Waals surface area contributed by atoms with Crippen molar-refractivity contribution in [1.82, 2.24) is 4.98 Å². The summed E-state index contributed by atoms with van der Waals surface area (Å²) in [4.78, 5) is 4.08. The van der Waals surface area contributed by atoms with Crippen LogP contribution >= 0.6 is 11.3 Å². The number of hydrogen-bond donors (Lipinski definition) is 1. The van der Waals surface area contributed by atoms with Crippen LogP contribution in [0.15, 0.2) is 0 Å². The number of thiazole rings is 1. The van der Waals surface area contributed by atoms with Crippen molar-refractivity contribution in [3.05, 3.63) is 9.88 Å². The van der Waals surface area contributed by atoms with Gasteiger partial charge >= 0.3 is 0 Å². The quantitative estimate of drug-likeness (QED) is 0.715. The molecule has 0 saturated carbocycles. The molecule has 0 spiro atoms. The van der Waals surface area contributed by atoms with Crippen LogP contribution in [-0.2, 0) is 0 Å². The van der Waals surface area contributed by atoms with E-state index in [0.717, 1.165) is 17.3 Å². The molecule has 0 bridgehead atoms. The molecule has 0 atom stereocenters. The third kappa shape index (κ3) is 1.95. The highest BCUT2D eigenvalue weighted by Crippen LogP contribution is 2.16. The van der Waals surface area contributed by atoms with Crippen molar-refractivity contribution in [3.8, 4) is 0 Å². The Bertz CT molecular complexity index is 394. The molecular formula is C10H15FN2S. The molecule has 0 unspecified atom stereocenters. The molecule has 14 heavy (non-hydrogen) atoms. The maximum Gasteiger partial charge on any atom is 0.181 e. The van der Waals surface area contributed by atoms with Gasteiger partial charge < -0.3 is 5.73 Å². The van der Waals surface area contributed by atoms with Crippen LogP contribution in [0.25, 0.3) is 11.4 Å². The monoisotopic (exact) mass is 214 g/mol. The van der Waals surface area contributed by atoms with E-state index >= 15 is 0 Å². The largest absolute Gasteiger partial charge is 0.375 e. The number of hydrogen-bond acceptors (Lipinski definition) is 3. The van der Waals surface area contributed by atoms with Gasteiger partial charge in [-0.25, -0.2) is 9.37 Å². The Hall–Kier alpha value is -0.900. The molecule has 0 amide bonds. The van der Waals surface area contributed by atoms with E-state index in [9.17, 15) is 4.39 Å². The average Bonchev–Trinajstić information content (AvgIpc) is 2.58. The maximum absolute atomic E-state index is 13.2. The molecule has 78 valence electrons. The molecule has 1 aliphatic rings. The first-order valence-corrected chi connectivity index (χ1v) is 5.61. The van der Waals surface area contributed by atoms with E-state index in [4.69, 9.17) is 5.73 Å². The number of halogens is 1. The normalized spacial score (nSPS) is 14.6. The molecule has 1 aliphatic carbocycles. The SMILES string of the molecule is CC.CC1=c2nc(N)sc2=C(F)CC1. The summed E-state index contributed by atoms with van der Waals surface area (Å²) < 4.78 is 13.8. The summed E-state index contributed by atoms with van der Waals surface area (Å²) in [5.74, 6) is -0.0650. The predicted molar refractivity (Wildman–Crippen MR) is 60.0 cm³/mol. The molecule has 0 aromatic carbocycles. The van der Waals surface area contributed by atoms with Crippen LogP contribution in [0.1, 0.15) is 33.6 Å². The number of anilines is 1. The van der Waals surface area contributed by atoms with Crippen LogP contribution in [0.4, 0.5) is 9.52 Å². The van der Waals surface area contributed by atoms with E-state index in [0.29, 0.717) is 16.1 Å². The van der Waals surface area contributed by atoms with Crippen molar-refractivity contribution < 1.29 is 4.39 Å². The molecule has 1 aromatic heterocycles. The molecule has 4 heteroatoms. The number of nitrogens with two attached hydrogens (primary N) is 1. The molecule has 2 rings (SSSR count). The van der Waals surface area contributed by atoms with Crippen molar-refractivity contribution in [1.29, 1.82) is 0 Å². The summed E-state index contributed by atoms with van der Waals surface area (Å²) in [5.41, 5.74) is 6.64. The zero-order valence-electron chi connectivity index (χ0n) is 8.72. The first kappa shape index (κ1) is 11.2. The molecule has 1 heterocycles. The molecule has 1 aromatic rings. The van der Waals surface area contributed by atoms with Crippen LogP contribution in [0, 0.1) is 0 Å². The maximum atomic E-state index is 13.2. The zero-order chi connectivity index (χ0) is 10.7. The fourth-order valence-electron chi connectivity index (χ4n) is 1.34. The van der Waals surface area contributed by atoms with E-state index in [2.05, 4.69) is 4.98 Å². The number of nitrogen functional groups attached to an aromatic ring is 1. The van der Waals surface area contributed by atoms with Crippen molar-refractivity contribution in [2.75, 3.05) is 5.73 Å². The number of rotatable bonds is 0. The smallest absolute Gasteiger partial charge is 0.181 e. The summed E-state index contributed by atoms with van der Waals surface area (Å²) in [6, 6.07) is 0. The van der Waals surface area contributed by atoms with Gasteiger partial charge in [-0.2, -0.15) is 0 Å². The Kier molecular flexibility index (Phi) is 3.63. The van der Waals surface area contributed by atoms with Gasteiger partial charge in [-0.1, -0.05) is 25.2 Å². The number of aromatic nitrogens is 1. The highest BCUT2D eigenvalue weighted by Gasteiger charge is 2.11. The second-order valence-corrected chi connectivity index (χ2v) is 3.95. The van der Waals surface area contributed by atoms with Gasteiger partial charge in [-0.3, -0.25) is 0 Å². The fourth-order valence-corrected chi connectivity index (χ4v) is 2.21. The van der Waals surface area contributed by atoms with E-state index in [1.807, 2.05) is 20.8 Å². The summed E-state index contributed by atoms with van der Waals surface area (Å²) in [5, 5.41) is 1.22. The van der Waals surface area contributed by atoms with Crippen LogP contribution in [0.2, 0.25) is 0 Å². The topological polar surface area (TPSA) is 38.9 Å². The van der Waals surface area contributed by atoms with Gasteiger partial charge in [0.1, 0.15) is 5.83 Å². The van der Waals surface area contributed by atoms with Gasteiger partial charge in [0.2, 0.25) is 0 Å². The molecular weight excluding hydrogens is 199 g/mol. The van der Waals surface area contributed by atoms with Gasteiger partial charge in [0.25, 0.3) is 0 Å². The van der Waals surface area contributed by atoms with Crippen LogP contribution < -0.4 is 15.6 Å². The molecule has 0 saturated heterocycles. The standard InChI is InChI=1S/C8H9FN2S.C2H6/c1-4-2-3-5(9)7-6(4)11-8(10)12-7;1-2/h2-3H2,1H3,(H2,10,11);1-2H3. The molecule has 0 aliphatic heterocycles. The van der Waals surface area contributed by atoms with Crippen LogP contribution in [-0.4, -0.2) is 4.98 Å². The van der Waals surface area contributed by atoms with E-state index in [1.165, 1.54) is 11.3 Å². The predicted octanol–water partition coefficient (Wildman–Crippen LogP) is 1.79. The second kappa shape index (κ2) is 4.55. The lowest BCUT2D eigenvalue weighted by Gasteiger charge is -2.02. The number of nitrogens with zero attached hydrogens (tertiary/aromatic N) is 1. The first-order valence-electron chi connectivity index (χ1n) is 4.79. The Balaban J connectivity index is 0.000000461. The van der Waals surface area contributed by atoms with Gasteiger partial charge in [-0.15, -0.1) is 0 Å². The number of fused-ring (bicyclic) bond motifs is 1. The summed E-state index contributed by atoms with van der Waals surface area (Å²) >= 11 is 1.24. The lowest BCUT2D eigenvalue weighted by Crippen LogP contribution is -2.27. The molecule has 0 radical (unpaired) electrons. The lowest BCUT2D eigenvalue weighted by molar-refractivity contribution is 0.694. The third-order valence-corrected chi connectivity index (χ3v) is 2.93. The summed E-state index contributed by atoms with van der Waals surface area (Å²) in [6.45, 7) is 5.98. The van der Waals surface area contributed by atoms with Crippen LogP contribution in [0.5, 0.6) is 0 Å². The second-order valence-electron chi connectivity index (χ2n) is 2.92. The highest BCUT2D eigenvalue weighted by atomic mass is 32.1. The highest BCUT2D eigenvalue weighted by molar-refractivity contribution is 7.13. The molecule has 2 N–H and O–H groups in total. The zero-order valence-corrected chi connectivity index (χ0v) is 9.54. The van der Waals surface area contributed by atoms with Crippen molar-refractivity contribution >= 4 is 27.9 Å². The van der Waals surface area contributed by atoms with Crippen molar-refractivity contribution in [2.24, 2.45) is 0 Å². The van der Waals surface area contributed by atoms with E-state index < -0.39 is 0 Å².